The van der Waals surface area contributed by atoms with Crippen LogP contribution in [0.15, 0.2) is 0 Å². The molecule has 0 aromatic heterocycles. The van der Waals surface area contributed by atoms with Crippen LogP contribution >= 0.6 is 0 Å². The van der Waals surface area contributed by atoms with Gasteiger partial charge in [-0.2, -0.15) is 0 Å². The van der Waals surface area contributed by atoms with E-state index in [0.29, 0.717) is 0 Å². The molecule has 0 spiro atoms. The molecule has 7 nitrogen and oxygen atoms in total. The van der Waals surface area contributed by atoms with Gasteiger partial charge in [0.2, 0.25) is 5.91 Å². The number of methoxy groups -OCH3 is 1. The molecular formula is C12H20N2O5. The summed E-state index contributed by atoms with van der Waals surface area (Å²) in [5.41, 5.74) is -0.585. The molecule has 1 rings (SSSR count). The third-order valence-corrected chi connectivity index (χ3v) is 3.07. The summed E-state index contributed by atoms with van der Waals surface area (Å²) in [7, 11) is 1.37. The number of hydrogen-bond acceptors (Lipinski definition) is 4. The summed E-state index contributed by atoms with van der Waals surface area (Å²) in [5.74, 6) is -0.720. The first kappa shape index (κ1) is 15.4. The van der Waals surface area contributed by atoms with Gasteiger partial charge in [0.15, 0.2) is 0 Å². The molecular weight excluding hydrogens is 252 g/mol. The van der Waals surface area contributed by atoms with Gasteiger partial charge in [-0.1, -0.05) is 0 Å². The maximum Gasteiger partial charge on any atom is 0.407 e. The lowest BCUT2D eigenvalue weighted by atomic mass is 10.1. The number of nitrogens with zero attached hydrogens (tertiary/aromatic N) is 2. The lowest BCUT2D eigenvalue weighted by molar-refractivity contribution is -0.141. The van der Waals surface area contributed by atoms with Gasteiger partial charge in [-0.25, -0.2) is 4.79 Å². The Morgan fingerprint density at radius 3 is 2.42 bits per heavy atom. The molecule has 108 valence electrons. The molecule has 1 atom stereocenters. The molecule has 3 amide bonds. The van der Waals surface area contributed by atoms with Crippen molar-refractivity contribution in [1.29, 1.82) is 0 Å². The highest BCUT2D eigenvalue weighted by atomic mass is 16.5. The van der Waals surface area contributed by atoms with Crippen molar-refractivity contribution in [3.05, 3.63) is 0 Å². The fourth-order valence-corrected chi connectivity index (χ4v) is 1.99. The SMILES string of the molecule is COC1CC(=O)N(CCN(C(=O)O)C(C)(C)C)C1=O. The van der Waals surface area contributed by atoms with E-state index in [1.165, 1.54) is 12.0 Å². The topological polar surface area (TPSA) is 87.2 Å². The highest BCUT2D eigenvalue weighted by molar-refractivity contribution is 6.05. The molecule has 1 saturated heterocycles. The quantitative estimate of drug-likeness (QED) is 0.755. The van der Waals surface area contributed by atoms with Crippen molar-refractivity contribution in [3.63, 3.8) is 0 Å². The van der Waals surface area contributed by atoms with Gasteiger partial charge in [-0.3, -0.25) is 14.5 Å². The standard InChI is InChI=1S/C12H20N2O5/c1-12(2,3)14(11(17)18)6-5-13-9(15)7-8(19-4)10(13)16/h8H,5-7H2,1-4H3,(H,17,18). The largest absolute Gasteiger partial charge is 0.465 e. The van der Waals surface area contributed by atoms with Crippen LogP contribution in [0.25, 0.3) is 0 Å². The van der Waals surface area contributed by atoms with Crippen LogP contribution in [-0.2, 0) is 14.3 Å². The van der Waals surface area contributed by atoms with Crippen LogP contribution in [0.3, 0.4) is 0 Å². The number of ether oxygens (including phenoxy) is 1. The fourth-order valence-electron chi connectivity index (χ4n) is 1.99. The first-order valence-electron chi connectivity index (χ1n) is 6.06. The number of carbonyl (C=O) groups is 3. The van der Waals surface area contributed by atoms with Crippen LogP contribution in [0, 0.1) is 0 Å². The van der Waals surface area contributed by atoms with Crippen molar-refractivity contribution in [2.45, 2.75) is 38.8 Å². The lowest BCUT2D eigenvalue weighted by Gasteiger charge is -2.34. The van der Waals surface area contributed by atoms with E-state index >= 15 is 0 Å². The minimum absolute atomic E-state index is 0.0257. The molecule has 0 aliphatic carbocycles. The van der Waals surface area contributed by atoms with Crippen LogP contribution in [-0.4, -0.2) is 64.7 Å². The first-order chi connectivity index (χ1) is 8.68. The normalized spacial score (nSPS) is 20.0. The number of amides is 3. The minimum atomic E-state index is -1.07. The molecule has 0 aromatic rings. The van der Waals surface area contributed by atoms with Crippen molar-refractivity contribution in [2.75, 3.05) is 20.2 Å². The fraction of sp³-hybridized carbons (Fsp3) is 0.750. The third kappa shape index (κ3) is 3.44. The highest BCUT2D eigenvalue weighted by Gasteiger charge is 2.39. The van der Waals surface area contributed by atoms with Gasteiger partial charge in [0.25, 0.3) is 5.91 Å². The Morgan fingerprint density at radius 2 is 2.05 bits per heavy atom. The molecule has 1 N–H and O–H groups in total. The molecule has 0 aromatic carbocycles. The second kappa shape index (κ2) is 5.56. The Balaban J connectivity index is 2.68. The average Bonchev–Trinajstić information content (AvgIpc) is 2.53. The summed E-state index contributed by atoms with van der Waals surface area (Å²) < 4.78 is 4.90. The molecule has 0 saturated carbocycles. The molecule has 1 unspecified atom stereocenters. The van der Waals surface area contributed by atoms with Crippen molar-refractivity contribution in [3.8, 4) is 0 Å². The summed E-state index contributed by atoms with van der Waals surface area (Å²) >= 11 is 0. The van der Waals surface area contributed by atoms with E-state index in [9.17, 15) is 14.4 Å². The summed E-state index contributed by atoms with van der Waals surface area (Å²) in [4.78, 5) is 36.9. The number of carboxylic acid groups (broad SMARTS) is 1. The van der Waals surface area contributed by atoms with Gasteiger partial charge >= 0.3 is 6.09 Å². The van der Waals surface area contributed by atoms with Gasteiger partial charge in [-0.05, 0) is 20.8 Å². The molecule has 1 aliphatic heterocycles. The summed E-state index contributed by atoms with van der Waals surface area (Å²) in [6.45, 7) is 5.42. The van der Waals surface area contributed by atoms with Gasteiger partial charge in [0.05, 0.1) is 6.42 Å². The number of carbonyl (C=O) groups excluding carboxylic acids is 2. The van der Waals surface area contributed by atoms with Crippen molar-refractivity contribution >= 4 is 17.9 Å². The third-order valence-electron chi connectivity index (χ3n) is 3.07. The van der Waals surface area contributed by atoms with Crippen LogP contribution in [0.1, 0.15) is 27.2 Å². The van der Waals surface area contributed by atoms with Crippen LogP contribution in [0.4, 0.5) is 4.79 Å². The molecule has 1 heterocycles. The minimum Gasteiger partial charge on any atom is -0.465 e. The molecule has 1 aliphatic rings. The van der Waals surface area contributed by atoms with Gasteiger partial charge < -0.3 is 14.7 Å². The predicted octanol–water partition coefficient (Wildman–Crippen LogP) is 0.539. The smallest absolute Gasteiger partial charge is 0.407 e. The summed E-state index contributed by atoms with van der Waals surface area (Å²) in [6, 6.07) is 0. The highest BCUT2D eigenvalue weighted by Crippen LogP contribution is 2.17. The Hall–Kier alpha value is -1.63. The molecule has 1 fully saturated rings. The zero-order valence-corrected chi connectivity index (χ0v) is 11.7. The van der Waals surface area contributed by atoms with E-state index < -0.39 is 23.6 Å². The molecule has 0 radical (unpaired) electrons. The van der Waals surface area contributed by atoms with E-state index in [1.807, 2.05) is 0 Å². The predicted molar refractivity (Wildman–Crippen MR) is 66.6 cm³/mol. The second-order valence-electron chi connectivity index (χ2n) is 5.42. The Kier molecular flexibility index (Phi) is 4.52. The first-order valence-corrected chi connectivity index (χ1v) is 6.06. The Morgan fingerprint density at radius 1 is 1.47 bits per heavy atom. The maximum absolute atomic E-state index is 11.8. The van der Waals surface area contributed by atoms with Crippen molar-refractivity contribution in [2.24, 2.45) is 0 Å². The molecule has 0 bridgehead atoms. The zero-order chi connectivity index (χ0) is 14.8. The molecule has 7 heteroatoms. The Labute approximate surface area is 112 Å². The van der Waals surface area contributed by atoms with Crippen LogP contribution < -0.4 is 0 Å². The van der Waals surface area contributed by atoms with E-state index in [1.54, 1.807) is 20.8 Å². The van der Waals surface area contributed by atoms with E-state index in [4.69, 9.17) is 9.84 Å². The van der Waals surface area contributed by atoms with Crippen molar-refractivity contribution < 1.29 is 24.2 Å². The monoisotopic (exact) mass is 272 g/mol. The van der Waals surface area contributed by atoms with Crippen LogP contribution in [0.2, 0.25) is 0 Å². The molecule has 19 heavy (non-hydrogen) atoms. The average molecular weight is 272 g/mol. The lowest BCUT2D eigenvalue weighted by Crippen LogP contribution is -2.49. The number of hydrogen-bond donors (Lipinski definition) is 1. The van der Waals surface area contributed by atoms with Gasteiger partial charge in [-0.15, -0.1) is 0 Å². The van der Waals surface area contributed by atoms with Gasteiger partial charge in [0, 0.05) is 25.7 Å². The second-order valence-corrected chi connectivity index (χ2v) is 5.42. The maximum atomic E-state index is 11.8. The van der Waals surface area contributed by atoms with E-state index in [-0.39, 0.29) is 25.4 Å². The summed E-state index contributed by atoms with van der Waals surface area (Å²) in [5, 5.41) is 9.13. The number of imide groups is 1. The van der Waals surface area contributed by atoms with Gasteiger partial charge in [0.1, 0.15) is 6.10 Å². The zero-order valence-electron chi connectivity index (χ0n) is 11.7. The van der Waals surface area contributed by atoms with Crippen LogP contribution in [0.5, 0.6) is 0 Å². The Bertz CT molecular complexity index is 388. The van der Waals surface area contributed by atoms with Crippen molar-refractivity contribution in [1.82, 2.24) is 9.80 Å². The van der Waals surface area contributed by atoms with E-state index in [2.05, 4.69) is 0 Å². The van der Waals surface area contributed by atoms with E-state index in [0.717, 1.165) is 4.90 Å². The number of likely N-dealkylation sites (tertiary alicyclic amines) is 1. The number of rotatable bonds is 4. The summed E-state index contributed by atoms with van der Waals surface area (Å²) in [6.07, 6.45) is -1.78.